The summed E-state index contributed by atoms with van der Waals surface area (Å²) in [6, 6.07) is 15.8. The van der Waals surface area contributed by atoms with Crippen molar-refractivity contribution in [1.29, 1.82) is 0 Å². The first kappa shape index (κ1) is 22.3. The van der Waals surface area contributed by atoms with E-state index in [-0.39, 0.29) is 6.04 Å². The zero-order valence-corrected chi connectivity index (χ0v) is 19.0. The lowest BCUT2D eigenvalue weighted by Crippen LogP contribution is -2.49. The molecule has 2 aromatic carbocycles. The predicted octanol–water partition coefficient (Wildman–Crippen LogP) is 2.11. The Morgan fingerprint density at radius 1 is 0.938 bits per heavy atom. The van der Waals surface area contributed by atoms with E-state index >= 15 is 0 Å². The van der Waals surface area contributed by atoms with E-state index in [0.29, 0.717) is 12.2 Å². The summed E-state index contributed by atoms with van der Waals surface area (Å²) in [4.78, 5) is 31.9. The van der Waals surface area contributed by atoms with E-state index in [1.807, 2.05) is 18.2 Å². The molecule has 0 bridgehead atoms. The molecule has 1 saturated heterocycles. The summed E-state index contributed by atoms with van der Waals surface area (Å²) in [5, 5.41) is 5.54. The molecule has 170 valence electrons. The molecule has 0 aromatic heterocycles. The number of anilines is 2. The van der Waals surface area contributed by atoms with Gasteiger partial charge < -0.3 is 20.4 Å². The number of benzene rings is 2. The van der Waals surface area contributed by atoms with Crippen LogP contribution in [0.1, 0.15) is 23.6 Å². The number of hydrogen-bond acceptors (Lipinski definition) is 5. The van der Waals surface area contributed by atoms with Crippen LogP contribution in [0.3, 0.4) is 0 Å². The second-order valence-corrected chi connectivity index (χ2v) is 8.80. The van der Waals surface area contributed by atoms with Gasteiger partial charge in [0.2, 0.25) is 0 Å². The number of hydrogen-bond donors (Lipinski definition) is 2. The first-order valence-corrected chi connectivity index (χ1v) is 11.4. The Hall–Kier alpha value is -2.90. The van der Waals surface area contributed by atoms with E-state index in [2.05, 4.69) is 57.6 Å². The molecule has 0 saturated carbocycles. The first-order valence-electron chi connectivity index (χ1n) is 11.4. The standard InChI is InChI=1S/C25H33N5O2/c1-28-13-15-30(16-14-28)23(20-10-11-22-19(17-20)7-6-12-29(22)2)18-26-24(31)25(32)27-21-8-4-3-5-9-21/h3-5,8-11,17,23H,6-7,12-16,18H2,1-2H3,(H,26,31)(H,27,32)/t23-/m0/s1. The fraction of sp³-hybridized carbons (Fsp3) is 0.440. The number of nitrogens with one attached hydrogen (secondary N) is 2. The van der Waals surface area contributed by atoms with Gasteiger partial charge in [-0.1, -0.05) is 30.3 Å². The summed E-state index contributed by atoms with van der Waals surface area (Å²) in [5.74, 6) is -1.24. The highest BCUT2D eigenvalue weighted by Gasteiger charge is 2.27. The van der Waals surface area contributed by atoms with Crippen molar-refractivity contribution in [1.82, 2.24) is 15.1 Å². The minimum Gasteiger partial charge on any atom is -0.374 e. The number of rotatable bonds is 5. The zero-order valence-electron chi connectivity index (χ0n) is 19.0. The molecular formula is C25H33N5O2. The number of piperazine rings is 1. The lowest BCUT2D eigenvalue weighted by molar-refractivity contribution is -0.136. The Balaban J connectivity index is 1.47. The van der Waals surface area contributed by atoms with Crippen LogP contribution >= 0.6 is 0 Å². The zero-order chi connectivity index (χ0) is 22.5. The largest absolute Gasteiger partial charge is 0.374 e. The molecule has 2 amide bonds. The highest BCUT2D eigenvalue weighted by Crippen LogP contribution is 2.31. The van der Waals surface area contributed by atoms with Crippen molar-refractivity contribution >= 4 is 23.2 Å². The maximum atomic E-state index is 12.5. The number of amides is 2. The van der Waals surface area contributed by atoms with Crippen LogP contribution in [0.4, 0.5) is 11.4 Å². The van der Waals surface area contributed by atoms with Crippen LogP contribution in [0.25, 0.3) is 0 Å². The SMILES string of the molecule is CN1CCN([C@@H](CNC(=O)C(=O)Nc2ccccc2)c2ccc3c(c2)CCCN3C)CC1. The fourth-order valence-electron chi connectivity index (χ4n) is 4.58. The number of para-hydroxylation sites is 1. The van der Waals surface area contributed by atoms with Crippen molar-refractivity contribution in [2.75, 3.05) is 63.6 Å². The van der Waals surface area contributed by atoms with Crippen LogP contribution in [0.15, 0.2) is 48.5 Å². The second-order valence-electron chi connectivity index (χ2n) is 8.80. The first-order chi connectivity index (χ1) is 15.5. The van der Waals surface area contributed by atoms with Gasteiger partial charge in [0.05, 0.1) is 6.04 Å². The maximum absolute atomic E-state index is 12.5. The van der Waals surface area contributed by atoms with Gasteiger partial charge in [0.25, 0.3) is 0 Å². The minimum absolute atomic E-state index is 0.0368. The third kappa shape index (κ3) is 5.29. The van der Waals surface area contributed by atoms with Crippen LogP contribution in [-0.4, -0.2) is 75.0 Å². The quantitative estimate of drug-likeness (QED) is 0.705. The molecule has 0 unspecified atom stereocenters. The summed E-state index contributed by atoms with van der Waals surface area (Å²) in [5.41, 5.74) is 4.47. The van der Waals surface area contributed by atoms with Crippen LogP contribution < -0.4 is 15.5 Å². The third-order valence-corrected chi connectivity index (χ3v) is 6.51. The fourth-order valence-corrected chi connectivity index (χ4v) is 4.58. The molecule has 0 aliphatic carbocycles. The summed E-state index contributed by atoms with van der Waals surface area (Å²) in [6.07, 6.45) is 2.23. The van der Waals surface area contributed by atoms with Gasteiger partial charge in [-0.2, -0.15) is 0 Å². The molecule has 7 heteroatoms. The summed E-state index contributed by atoms with van der Waals surface area (Å²) in [6.45, 7) is 5.34. The van der Waals surface area contributed by atoms with Crippen molar-refractivity contribution in [2.24, 2.45) is 0 Å². The van der Waals surface area contributed by atoms with Gasteiger partial charge >= 0.3 is 11.8 Å². The lowest BCUT2D eigenvalue weighted by Gasteiger charge is -2.39. The number of carbonyl (C=O) groups is 2. The van der Waals surface area contributed by atoms with Crippen molar-refractivity contribution in [2.45, 2.75) is 18.9 Å². The monoisotopic (exact) mass is 435 g/mol. The van der Waals surface area contributed by atoms with Gasteiger partial charge in [-0.3, -0.25) is 14.5 Å². The number of nitrogens with zero attached hydrogens (tertiary/aromatic N) is 3. The molecule has 4 rings (SSSR count). The predicted molar refractivity (Wildman–Crippen MR) is 128 cm³/mol. The summed E-state index contributed by atoms with van der Waals surface area (Å²) < 4.78 is 0. The second kappa shape index (κ2) is 10.1. The molecule has 7 nitrogen and oxygen atoms in total. The Kier molecular flexibility index (Phi) is 7.07. The van der Waals surface area contributed by atoms with Gasteiger partial charge in [0, 0.05) is 57.7 Å². The Labute approximate surface area is 190 Å². The van der Waals surface area contributed by atoms with Gasteiger partial charge in [-0.05, 0) is 49.2 Å². The number of carbonyl (C=O) groups excluding carboxylic acids is 2. The third-order valence-electron chi connectivity index (χ3n) is 6.51. The molecule has 2 aliphatic rings. The topological polar surface area (TPSA) is 67.9 Å². The van der Waals surface area contributed by atoms with Crippen LogP contribution in [0.2, 0.25) is 0 Å². The van der Waals surface area contributed by atoms with E-state index in [4.69, 9.17) is 0 Å². The average Bonchev–Trinajstić information content (AvgIpc) is 2.81. The van der Waals surface area contributed by atoms with Crippen molar-refractivity contribution in [3.63, 3.8) is 0 Å². The van der Waals surface area contributed by atoms with Gasteiger partial charge in [0.1, 0.15) is 0 Å². The minimum atomic E-state index is -0.639. The molecule has 0 spiro atoms. The van der Waals surface area contributed by atoms with Crippen LogP contribution in [-0.2, 0) is 16.0 Å². The molecule has 2 aliphatic heterocycles. The molecular weight excluding hydrogens is 402 g/mol. The highest BCUT2D eigenvalue weighted by atomic mass is 16.2. The highest BCUT2D eigenvalue weighted by molar-refractivity contribution is 6.39. The molecule has 1 fully saturated rings. The van der Waals surface area contributed by atoms with E-state index in [0.717, 1.165) is 45.6 Å². The van der Waals surface area contributed by atoms with Crippen LogP contribution in [0, 0.1) is 0 Å². The van der Waals surface area contributed by atoms with Crippen molar-refractivity contribution in [3.8, 4) is 0 Å². The average molecular weight is 436 g/mol. The van der Waals surface area contributed by atoms with Crippen molar-refractivity contribution in [3.05, 3.63) is 59.7 Å². The molecule has 2 heterocycles. The normalized spacial score (nSPS) is 18.0. The van der Waals surface area contributed by atoms with E-state index in [1.54, 1.807) is 12.1 Å². The summed E-state index contributed by atoms with van der Waals surface area (Å²) in [7, 11) is 4.28. The van der Waals surface area contributed by atoms with E-state index < -0.39 is 11.8 Å². The Morgan fingerprint density at radius 3 is 2.44 bits per heavy atom. The van der Waals surface area contributed by atoms with Gasteiger partial charge in [-0.15, -0.1) is 0 Å². The number of fused-ring (bicyclic) bond motifs is 1. The smallest absolute Gasteiger partial charge is 0.313 e. The van der Waals surface area contributed by atoms with E-state index in [1.165, 1.54) is 16.8 Å². The molecule has 0 radical (unpaired) electrons. The number of likely N-dealkylation sites (N-methyl/N-ethyl adjacent to an activating group) is 1. The maximum Gasteiger partial charge on any atom is 0.313 e. The Morgan fingerprint density at radius 2 is 1.69 bits per heavy atom. The van der Waals surface area contributed by atoms with Gasteiger partial charge in [0.15, 0.2) is 0 Å². The molecule has 2 N–H and O–H groups in total. The Bertz CT molecular complexity index is 941. The summed E-state index contributed by atoms with van der Waals surface area (Å²) >= 11 is 0. The molecule has 2 aromatic rings. The van der Waals surface area contributed by atoms with Crippen molar-refractivity contribution < 1.29 is 9.59 Å². The molecule has 1 atom stereocenters. The van der Waals surface area contributed by atoms with Crippen LogP contribution in [0.5, 0.6) is 0 Å². The van der Waals surface area contributed by atoms with E-state index in [9.17, 15) is 9.59 Å². The lowest BCUT2D eigenvalue weighted by atomic mass is 9.95. The number of aryl methyl sites for hydroxylation is 1. The van der Waals surface area contributed by atoms with Gasteiger partial charge in [-0.25, -0.2) is 0 Å². The molecule has 32 heavy (non-hydrogen) atoms.